The number of nitrogens with zero attached hydrogens (tertiary/aromatic N) is 1. The van der Waals surface area contributed by atoms with E-state index in [1.54, 1.807) is 7.11 Å². The average molecular weight is 327 g/mol. The Bertz CT molecular complexity index is 678. The third-order valence-corrected chi connectivity index (χ3v) is 3.96. The molecule has 24 heavy (non-hydrogen) atoms. The summed E-state index contributed by atoms with van der Waals surface area (Å²) in [5.41, 5.74) is 1.69. The van der Waals surface area contributed by atoms with Crippen molar-refractivity contribution in [2.45, 2.75) is 6.61 Å². The second-order valence-electron chi connectivity index (χ2n) is 5.54. The molecule has 0 N–H and O–H groups in total. The number of carbonyl (C=O) groups is 1. The highest BCUT2D eigenvalue weighted by Gasteiger charge is 2.18. The van der Waals surface area contributed by atoms with Gasteiger partial charge in [-0.2, -0.15) is 0 Å². The van der Waals surface area contributed by atoms with Crippen LogP contribution in [0.1, 0.15) is 15.9 Å². The predicted molar refractivity (Wildman–Crippen MR) is 90.5 cm³/mol. The zero-order valence-electron chi connectivity index (χ0n) is 13.7. The minimum absolute atomic E-state index is 0.0514. The summed E-state index contributed by atoms with van der Waals surface area (Å²) < 4.78 is 16.3. The molecule has 0 unspecified atom stereocenters. The molecule has 5 heteroatoms. The fourth-order valence-electron chi connectivity index (χ4n) is 2.59. The Balaban J connectivity index is 1.61. The van der Waals surface area contributed by atoms with Crippen LogP contribution in [0.3, 0.4) is 0 Å². The molecule has 1 saturated heterocycles. The summed E-state index contributed by atoms with van der Waals surface area (Å²) in [7, 11) is 1.62. The van der Waals surface area contributed by atoms with Gasteiger partial charge in [0, 0.05) is 18.7 Å². The first kappa shape index (κ1) is 16.3. The van der Waals surface area contributed by atoms with Crippen molar-refractivity contribution in [1.82, 2.24) is 4.90 Å². The number of methoxy groups -OCH3 is 1. The first-order chi connectivity index (χ1) is 11.8. The Hall–Kier alpha value is -2.53. The molecular formula is C19H21NO4. The number of amides is 1. The molecule has 0 radical (unpaired) electrons. The van der Waals surface area contributed by atoms with Crippen LogP contribution in [0.2, 0.25) is 0 Å². The quantitative estimate of drug-likeness (QED) is 0.847. The number of carbonyl (C=O) groups excluding carboxylic acids is 1. The molecule has 0 saturated carbocycles. The third-order valence-electron chi connectivity index (χ3n) is 3.96. The fraction of sp³-hybridized carbons (Fsp3) is 0.316. The maximum absolute atomic E-state index is 12.4. The number of hydrogen-bond acceptors (Lipinski definition) is 4. The first-order valence-corrected chi connectivity index (χ1v) is 7.99. The number of ether oxygens (including phenoxy) is 3. The molecule has 0 spiro atoms. The monoisotopic (exact) mass is 327 g/mol. The van der Waals surface area contributed by atoms with Crippen LogP contribution in [-0.4, -0.2) is 44.2 Å². The number of para-hydroxylation sites is 2. The lowest BCUT2D eigenvalue weighted by molar-refractivity contribution is 0.0303. The molecular weight excluding hydrogens is 306 g/mol. The zero-order chi connectivity index (χ0) is 16.8. The van der Waals surface area contributed by atoms with Crippen molar-refractivity contribution in [2.75, 3.05) is 33.4 Å². The molecule has 0 bridgehead atoms. The van der Waals surface area contributed by atoms with E-state index in [1.165, 1.54) is 0 Å². The van der Waals surface area contributed by atoms with Gasteiger partial charge in [-0.05, 0) is 29.8 Å². The first-order valence-electron chi connectivity index (χ1n) is 7.99. The summed E-state index contributed by atoms with van der Waals surface area (Å²) in [5.74, 6) is 1.46. The van der Waals surface area contributed by atoms with Crippen molar-refractivity contribution in [3.05, 3.63) is 59.7 Å². The van der Waals surface area contributed by atoms with Gasteiger partial charge in [-0.1, -0.05) is 24.3 Å². The van der Waals surface area contributed by atoms with Crippen molar-refractivity contribution < 1.29 is 19.0 Å². The van der Waals surface area contributed by atoms with Gasteiger partial charge in [-0.3, -0.25) is 4.79 Å². The topological polar surface area (TPSA) is 48.0 Å². The van der Waals surface area contributed by atoms with Crippen molar-refractivity contribution in [3.8, 4) is 11.5 Å². The highest BCUT2D eigenvalue weighted by Crippen LogP contribution is 2.26. The van der Waals surface area contributed by atoms with Crippen molar-refractivity contribution in [3.63, 3.8) is 0 Å². The largest absolute Gasteiger partial charge is 0.493 e. The van der Waals surface area contributed by atoms with E-state index in [4.69, 9.17) is 14.2 Å². The number of benzene rings is 2. The molecule has 3 rings (SSSR count). The number of rotatable bonds is 5. The Kier molecular flexibility index (Phi) is 5.33. The van der Waals surface area contributed by atoms with Gasteiger partial charge in [0.2, 0.25) is 0 Å². The Labute approximate surface area is 141 Å². The summed E-state index contributed by atoms with van der Waals surface area (Å²) in [6.07, 6.45) is 0. The summed E-state index contributed by atoms with van der Waals surface area (Å²) in [6.45, 7) is 2.94. The SMILES string of the molecule is COc1ccccc1OCc1ccc(C(=O)N2CCOCC2)cc1. The second-order valence-corrected chi connectivity index (χ2v) is 5.54. The minimum atomic E-state index is 0.0514. The Morgan fingerprint density at radius 3 is 2.38 bits per heavy atom. The number of morpholine rings is 1. The van der Waals surface area contributed by atoms with Crippen molar-refractivity contribution in [1.29, 1.82) is 0 Å². The van der Waals surface area contributed by atoms with E-state index in [2.05, 4.69) is 0 Å². The lowest BCUT2D eigenvalue weighted by Gasteiger charge is -2.26. The van der Waals surface area contributed by atoms with Gasteiger partial charge in [0.1, 0.15) is 6.61 Å². The zero-order valence-corrected chi connectivity index (χ0v) is 13.7. The molecule has 1 fully saturated rings. The molecule has 0 aromatic heterocycles. The third kappa shape index (κ3) is 3.86. The lowest BCUT2D eigenvalue weighted by atomic mass is 10.1. The molecule has 126 valence electrons. The standard InChI is InChI=1S/C19H21NO4/c1-22-17-4-2-3-5-18(17)24-14-15-6-8-16(9-7-15)19(21)20-10-12-23-13-11-20/h2-9H,10-14H2,1H3. The molecule has 5 nitrogen and oxygen atoms in total. The van der Waals surface area contributed by atoms with E-state index in [0.717, 1.165) is 5.56 Å². The molecule has 2 aromatic carbocycles. The van der Waals surface area contributed by atoms with Gasteiger partial charge in [-0.25, -0.2) is 0 Å². The van der Waals surface area contributed by atoms with Crippen LogP contribution in [0.25, 0.3) is 0 Å². The fourth-order valence-corrected chi connectivity index (χ4v) is 2.59. The van der Waals surface area contributed by atoms with Crippen LogP contribution >= 0.6 is 0 Å². The second kappa shape index (κ2) is 7.84. The van der Waals surface area contributed by atoms with Crippen LogP contribution < -0.4 is 9.47 Å². The van der Waals surface area contributed by atoms with Crippen molar-refractivity contribution in [2.24, 2.45) is 0 Å². The summed E-state index contributed by atoms with van der Waals surface area (Å²) in [6, 6.07) is 15.1. The molecule has 1 heterocycles. The van der Waals surface area contributed by atoms with E-state index in [-0.39, 0.29) is 5.91 Å². The van der Waals surface area contributed by atoms with E-state index in [9.17, 15) is 4.79 Å². The van der Waals surface area contributed by atoms with Gasteiger partial charge in [0.05, 0.1) is 20.3 Å². The maximum atomic E-state index is 12.4. The number of hydrogen-bond donors (Lipinski definition) is 0. The van der Waals surface area contributed by atoms with E-state index >= 15 is 0 Å². The Morgan fingerprint density at radius 2 is 1.71 bits per heavy atom. The normalized spacial score (nSPS) is 14.3. The van der Waals surface area contributed by atoms with E-state index < -0.39 is 0 Å². The summed E-state index contributed by atoms with van der Waals surface area (Å²) in [5, 5.41) is 0. The van der Waals surface area contributed by atoms with Gasteiger partial charge in [-0.15, -0.1) is 0 Å². The maximum Gasteiger partial charge on any atom is 0.254 e. The predicted octanol–water partition coefficient (Wildman–Crippen LogP) is 2.75. The van der Waals surface area contributed by atoms with Crippen LogP contribution in [0, 0.1) is 0 Å². The van der Waals surface area contributed by atoms with Gasteiger partial charge >= 0.3 is 0 Å². The van der Waals surface area contributed by atoms with E-state index in [0.29, 0.717) is 50.0 Å². The lowest BCUT2D eigenvalue weighted by Crippen LogP contribution is -2.40. The smallest absolute Gasteiger partial charge is 0.254 e. The van der Waals surface area contributed by atoms with Crippen LogP contribution in [-0.2, 0) is 11.3 Å². The average Bonchev–Trinajstić information content (AvgIpc) is 2.67. The molecule has 0 atom stereocenters. The van der Waals surface area contributed by atoms with Crippen LogP contribution in [0.15, 0.2) is 48.5 Å². The molecule has 0 aliphatic carbocycles. The highest BCUT2D eigenvalue weighted by atomic mass is 16.5. The van der Waals surface area contributed by atoms with Crippen LogP contribution in [0.4, 0.5) is 0 Å². The van der Waals surface area contributed by atoms with Gasteiger partial charge in [0.25, 0.3) is 5.91 Å². The highest BCUT2D eigenvalue weighted by molar-refractivity contribution is 5.94. The van der Waals surface area contributed by atoms with Crippen molar-refractivity contribution >= 4 is 5.91 Å². The van der Waals surface area contributed by atoms with E-state index in [1.807, 2.05) is 53.4 Å². The summed E-state index contributed by atoms with van der Waals surface area (Å²) >= 11 is 0. The van der Waals surface area contributed by atoms with Gasteiger partial charge < -0.3 is 19.1 Å². The Morgan fingerprint density at radius 1 is 1.04 bits per heavy atom. The van der Waals surface area contributed by atoms with Gasteiger partial charge in [0.15, 0.2) is 11.5 Å². The minimum Gasteiger partial charge on any atom is -0.493 e. The molecule has 1 aliphatic rings. The summed E-state index contributed by atoms with van der Waals surface area (Å²) in [4.78, 5) is 14.2. The molecule has 1 aliphatic heterocycles. The molecule has 2 aromatic rings. The van der Waals surface area contributed by atoms with Crippen LogP contribution in [0.5, 0.6) is 11.5 Å². The molecule has 1 amide bonds.